The van der Waals surface area contributed by atoms with E-state index in [2.05, 4.69) is 15.0 Å². The highest BCUT2D eigenvalue weighted by molar-refractivity contribution is 6.05. The highest BCUT2D eigenvalue weighted by atomic mass is 16.1. The van der Waals surface area contributed by atoms with Gasteiger partial charge in [0.05, 0.1) is 11.1 Å². The molecule has 0 aliphatic rings. The van der Waals surface area contributed by atoms with E-state index in [9.17, 15) is 4.79 Å². The molecule has 5 N–H and O–H groups in total. The Morgan fingerprint density at radius 1 is 1.54 bits per heavy atom. The van der Waals surface area contributed by atoms with Gasteiger partial charge >= 0.3 is 0 Å². The van der Waals surface area contributed by atoms with Gasteiger partial charge in [-0.15, -0.1) is 0 Å². The molecule has 0 spiro atoms. The van der Waals surface area contributed by atoms with E-state index >= 15 is 0 Å². The molecule has 1 amide bonds. The van der Waals surface area contributed by atoms with E-state index in [4.69, 9.17) is 11.5 Å². The van der Waals surface area contributed by atoms with E-state index in [1.165, 1.54) is 12.5 Å². The van der Waals surface area contributed by atoms with Gasteiger partial charge in [-0.1, -0.05) is 0 Å². The fourth-order valence-electron chi connectivity index (χ4n) is 1.14. The first kappa shape index (κ1) is 7.53. The maximum Gasteiger partial charge on any atom is 0.267 e. The molecule has 6 heteroatoms. The highest BCUT2D eigenvalue weighted by Crippen LogP contribution is 2.21. The second-order valence-corrected chi connectivity index (χ2v) is 2.56. The first-order valence-corrected chi connectivity index (χ1v) is 3.57. The summed E-state index contributed by atoms with van der Waals surface area (Å²) in [6.45, 7) is 0. The molecule has 6 nitrogen and oxygen atoms in total. The van der Waals surface area contributed by atoms with Gasteiger partial charge in [0.15, 0.2) is 0 Å². The summed E-state index contributed by atoms with van der Waals surface area (Å²) >= 11 is 0. The minimum atomic E-state index is -0.601. The Bertz CT molecular complexity index is 475. The van der Waals surface area contributed by atoms with Crippen molar-refractivity contribution in [2.24, 2.45) is 5.73 Å². The number of hydrogen-bond acceptors (Lipinski definition) is 4. The van der Waals surface area contributed by atoms with Crippen LogP contribution in [0.4, 0.5) is 5.69 Å². The molecule has 66 valence electrons. The van der Waals surface area contributed by atoms with Crippen LogP contribution >= 0.6 is 0 Å². The molecule has 0 radical (unpaired) electrons. The Kier molecular flexibility index (Phi) is 1.42. The lowest BCUT2D eigenvalue weighted by molar-refractivity contribution is 0.0997. The van der Waals surface area contributed by atoms with Gasteiger partial charge in [-0.05, 0) is 0 Å². The molecule has 2 rings (SSSR count). The molecular formula is C7H7N5O. The van der Waals surface area contributed by atoms with Crippen LogP contribution in [0, 0.1) is 0 Å². The third-order valence-corrected chi connectivity index (χ3v) is 1.76. The molecule has 0 aliphatic heterocycles. The SMILES string of the molecule is NC(=O)c1[nH]c2ncncc2c1N. The number of carbonyl (C=O) groups excluding carboxylic acids is 1. The number of nitrogens with one attached hydrogen (secondary N) is 1. The average Bonchev–Trinajstić information content (AvgIpc) is 2.45. The average molecular weight is 177 g/mol. The van der Waals surface area contributed by atoms with Crippen molar-refractivity contribution < 1.29 is 4.79 Å². The number of rotatable bonds is 1. The van der Waals surface area contributed by atoms with Crippen LogP contribution < -0.4 is 11.5 Å². The summed E-state index contributed by atoms with van der Waals surface area (Å²) in [7, 11) is 0. The van der Waals surface area contributed by atoms with E-state index in [1.54, 1.807) is 0 Å². The zero-order valence-corrected chi connectivity index (χ0v) is 6.61. The summed E-state index contributed by atoms with van der Waals surface area (Å²) in [5.74, 6) is -0.601. The van der Waals surface area contributed by atoms with Crippen molar-refractivity contribution in [3.63, 3.8) is 0 Å². The summed E-state index contributed by atoms with van der Waals surface area (Å²) in [6, 6.07) is 0. The van der Waals surface area contributed by atoms with Crippen molar-refractivity contribution in [1.82, 2.24) is 15.0 Å². The number of aromatic amines is 1. The molecule has 0 atom stereocenters. The van der Waals surface area contributed by atoms with Crippen molar-refractivity contribution in [2.45, 2.75) is 0 Å². The number of nitrogens with zero attached hydrogens (tertiary/aromatic N) is 2. The van der Waals surface area contributed by atoms with Crippen molar-refractivity contribution in [3.05, 3.63) is 18.2 Å². The number of primary amides is 1. The Labute approximate surface area is 73.0 Å². The van der Waals surface area contributed by atoms with Gasteiger partial charge in [0.1, 0.15) is 17.7 Å². The number of fused-ring (bicyclic) bond motifs is 1. The highest BCUT2D eigenvalue weighted by Gasteiger charge is 2.12. The maximum atomic E-state index is 10.9. The Balaban J connectivity index is 2.81. The zero-order chi connectivity index (χ0) is 9.42. The first-order chi connectivity index (χ1) is 6.20. The number of anilines is 1. The van der Waals surface area contributed by atoms with Crippen LogP contribution in [0.5, 0.6) is 0 Å². The summed E-state index contributed by atoms with van der Waals surface area (Å²) in [5, 5.41) is 0.608. The monoisotopic (exact) mass is 177 g/mol. The molecule has 0 aliphatic carbocycles. The number of nitrogen functional groups attached to an aromatic ring is 1. The number of aromatic nitrogens is 3. The quantitative estimate of drug-likeness (QED) is 0.552. The molecule has 2 aromatic rings. The van der Waals surface area contributed by atoms with Crippen molar-refractivity contribution in [3.8, 4) is 0 Å². The number of H-pyrrole nitrogens is 1. The number of amides is 1. The fourth-order valence-corrected chi connectivity index (χ4v) is 1.14. The standard InChI is InChI=1S/C7H7N5O/c8-4-3-1-10-2-11-7(3)12-5(4)6(9)13/h1-2H,8H2,(H2,9,13)(H,10,11,12). The predicted octanol–water partition coefficient (Wildman–Crippen LogP) is -0.361. The normalized spacial score (nSPS) is 10.5. The molecule has 0 saturated heterocycles. The zero-order valence-electron chi connectivity index (χ0n) is 6.61. The fraction of sp³-hybridized carbons (Fsp3) is 0. The second-order valence-electron chi connectivity index (χ2n) is 2.56. The van der Waals surface area contributed by atoms with Gasteiger partial charge < -0.3 is 16.5 Å². The second kappa shape index (κ2) is 2.44. The van der Waals surface area contributed by atoms with Crippen LogP contribution in [0.3, 0.4) is 0 Å². The summed E-state index contributed by atoms with van der Waals surface area (Å²) in [4.78, 5) is 21.2. The minimum Gasteiger partial charge on any atom is -0.396 e. The van der Waals surface area contributed by atoms with E-state index in [0.717, 1.165) is 0 Å². The summed E-state index contributed by atoms with van der Waals surface area (Å²) < 4.78 is 0. The molecule has 2 heterocycles. The smallest absolute Gasteiger partial charge is 0.267 e. The number of hydrogen-bond donors (Lipinski definition) is 3. The van der Waals surface area contributed by atoms with E-state index in [1.807, 2.05) is 0 Å². The van der Waals surface area contributed by atoms with Crippen molar-refractivity contribution >= 4 is 22.6 Å². The van der Waals surface area contributed by atoms with Gasteiger partial charge in [0.2, 0.25) is 0 Å². The van der Waals surface area contributed by atoms with E-state index in [-0.39, 0.29) is 5.69 Å². The van der Waals surface area contributed by atoms with Crippen LogP contribution in [0.1, 0.15) is 10.5 Å². The van der Waals surface area contributed by atoms with E-state index < -0.39 is 5.91 Å². The van der Waals surface area contributed by atoms with Crippen LogP contribution in [0.15, 0.2) is 12.5 Å². The van der Waals surface area contributed by atoms with Crippen molar-refractivity contribution in [1.29, 1.82) is 0 Å². The lowest BCUT2D eigenvalue weighted by Crippen LogP contribution is -2.13. The topological polar surface area (TPSA) is 111 Å². The maximum absolute atomic E-state index is 10.9. The van der Waals surface area contributed by atoms with Crippen molar-refractivity contribution in [2.75, 3.05) is 5.73 Å². The first-order valence-electron chi connectivity index (χ1n) is 3.57. The number of nitrogens with two attached hydrogens (primary N) is 2. The van der Waals surface area contributed by atoms with Gasteiger partial charge in [0.25, 0.3) is 5.91 Å². The van der Waals surface area contributed by atoms with E-state index in [0.29, 0.717) is 16.7 Å². The van der Waals surface area contributed by atoms with Crippen LogP contribution in [0.25, 0.3) is 11.0 Å². The molecule has 0 bridgehead atoms. The lowest BCUT2D eigenvalue weighted by Gasteiger charge is -1.90. The van der Waals surface area contributed by atoms with Gasteiger partial charge in [-0.25, -0.2) is 9.97 Å². The number of carbonyl (C=O) groups is 1. The molecule has 0 saturated carbocycles. The molecule has 0 aromatic carbocycles. The van der Waals surface area contributed by atoms with Crippen LogP contribution in [-0.2, 0) is 0 Å². The molecule has 2 aromatic heterocycles. The Morgan fingerprint density at radius 2 is 2.31 bits per heavy atom. The summed E-state index contributed by atoms with van der Waals surface area (Å²) in [5.41, 5.74) is 11.7. The largest absolute Gasteiger partial charge is 0.396 e. The van der Waals surface area contributed by atoms with Gasteiger partial charge in [-0.2, -0.15) is 0 Å². The third kappa shape index (κ3) is 0.994. The predicted molar refractivity (Wildman–Crippen MR) is 46.8 cm³/mol. The molecule has 0 unspecified atom stereocenters. The van der Waals surface area contributed by atoms with Crippen LogP contribution in [-0.4, -0.2) is 20.9 Å². The molecule has 0 fully saturated rings. The summed E-state index contributed by atoms with van der Waals surface area (Å²) in [6.07, 6.45) is 2.89. The van der Waals surface area contributed by atoms with Crippen LogP contribution in [0.2, 0.25) is 0 Å². The lowest BCUT2D eigenvalue weighted by atomic mass is 10.3. The van der Waals surface area contributed by atoms with Gasteiger partial charge in [0, 0.05) is 6.20 Å². The third-order valence-electron chi connectivity index (χ3n) is 1.76. The van der Waals surface area contributed by atoms with Gasteiger partial charge in [-0.3, -0.25) is 4.79 Å². The Hall–Kier alpha value is -2.11. The molecule has 13 heavy (non-hydrogen) atoms. The Morgan fingerprint density at radius 3 is 2.92 bits per heavy atom. The molecular weight excluding hydrogens is 170 g/mol. The minimum absolute atomic E-state index is 0.176.